The SMILES string of the molecule is CC(C)(C)[Si](OCCCC[C@@H]1O[C@H]1C=C(Br)Br)(c1ccccc1)c1ccccc1. The lowest BCUT2D eigenvalue weighted by molar-refractivity contribution is 0.282. The molecule has 0 spiro atoms. The third kappa shape index (κ3) is 5.70. The van der Waals surface area contributed by atoms with Crippen LogP contribution in [0.25, 0.3) is 0 Å². The van der Waals surface area contributed by atoms with Crippen LogP contribution in [-0.2, 0) is 9.16 Å². The van der Waals surface area contributed by atoms with E-state index in [-0.39, 0.29) is 11.1 Å². The van der Waals surface area contributed by atoms with Gasteiger partial charge in [-0.2, -0.15) is 0 Å². The molecule has 2 atom stereocenters. The van der Waals surface area contributed by atoms with Gasteiger partial charge in [0.05, 0.1) is 9.50 Å². The van der Waals surface area contributed by atoms with Gasteiger partial charge in [0.2, 0.25) is 0 Å². The molecule has 2 nitrogen and oxygen atoms in total. The van der Waals surface area contributed by atoms with E-state index in [1.807, 2.05) is 0 Å². The first-order chi connectivity index (χ1) is 13.8. The van der Waals surface area contributed by atoms with E-state index in [4.69, 9.17) is 9.16 Å². The fourth-order valence-electron chi connectivity index (χ4n) is 4.09. The first-order valence-corrected chi connectivity index (χ1v) is 13.8. The Labute approximate surface area is 193 Å². The summed E-state index contributed by atoms with van der Waals surface area (Å²) in [4.78, 5) is 0. The van der Waals surface area contributed by atoms with E-state index in [1.165, 1.54) is 10.4 Å². The van der Waals surface area contributed by atoms with Crippen molar-refractivity contribution in [2.45, 2.75) is 57.3 Å². The Hall–Kier alpha value is -0.723. The van der Waals surface area contributed by atoms with Gasteiger partial charge in [0.15, 0.2) is 0 Å². The van der Waals surface area contributed by atoms with Crippen LogP contribution < -0.4 is 10.4 Å². The molecule has 0 amide bonds. The van der Waals surface area contributed by atoms with Crippen LogP contribution >= 0.6 is 31.9 Å². The van der Waals surface area contributed by atoms with Crippen molar-refractivity contribution in [3.05, 3.63) is 70.1 Å². The second-order valence-corrected chi connectivity index (χ2v) is 15.7. The molecule has 0 saturated carbocycles. The fraction of sp³-hybridized carbons (Fsp3) is 0.417. The van der Waals surface area contributed by atoms with Crippen LogP contribution in [0.5, 0.6) is 0 Å². The molecule has 0 aromatic heterocycles. The molecule has 0 radical (unpaired) electrons. The highest BCUT2D eigenvalue weighted by Gasteiger charge is 2.50. The number of benzene rings is 2. The average molecular weight is 538 g/mol. The summed E-state index contributed by atoms with van der Waals surface area (Å²) in [5.41, 5.74) is 0. The fourth-order valence-corrected chi connectivity index (χ4v) is 9.22. The Balaban J connectivity index is 1.70. The number of unbranched alkanes of at least 4 members (excludes halogenated alkanes) is 1. The number of hydrogen-bond acceptors (Lipinski definition) is 2. The van der Waals surface area contributed by atoms with E-state index in [2.05, 4.69) is 119 Å². The normalized spacial score (nSPS) is 19.1. The lowest BCUT2D eigenvalue weighted by Gasteiger charge is -2.43. The van der Waals surface area contributed by atoms with Gasteiger partial charge in [-0.05, 0) is 72.6 Å². The van der Waals surface area contributed by atoms with Crippen molar-refractivity contribution in [3.63, 3.8) is 0 Å². The van der Waals surface area contributed by atoms with Gasteiger partial charge in [-0.1, -0.05) is 81.4 Å². The van der Waals surface area contributed by atoms with E-state index in [9.17, 15) is 0 Å². The molecule has 2 aromatic rings. The summed E-state index contributed by atoms with van der Waals surface area (Å²) in [6.45, 7) is 7.76. The van der Waals surface area contributed by atoms with Crippen LogP contribution in [0.4, 0.5) is 0 Å². The summed E-state index contributed by atoms with van der Waals surface area (Å²) in [5, 5.41) is 2.72. The Morgan fingerprint density at radius 2 is 1.52 bits per heavy atom. The van der Waals surface area contributed by atoms with E-state index in [0.717, 1.165) is 29.3 Å². The van der Waals surface area contributed by atoms with Gasteiger partial charge >= 0.3 is 0 Å². The molecule has 1 saturated heterocycles. The Morgan fingerprint density at radius 3 is 2.00 bits per heavy atom. The summed E-state index contributed by atoms with van der Waals surface area (Å²) >= 11 is 6.81. The van der Waals surface area contributed by atoms with Gasteiger partial charge < -0.3 is 9.16 Å². The molecule has 0 N–H and O–H groups in total. The van der Waals surface area contributed by atoms with Gasteiger partial charge in [-0.3, -0.25) is 0 Å². The minimum atomic E-state index is -2.40. The highest BCUT2D eigenvalue weighted by atomic mass is 79.9. The van der Waals surface area contributed by atoms with Crippen LogP contribution in [0.1, 0.15) is 40.0 Å². The van der Waals surface area contributed by atoms with Crippen molar-refractivity contribution >= 4 is 50.6 Å². The van der Waals surface area contributed by atoms with Crippen molar-refractivity contribution in [2.24, 2.45) is 0 Å². The molecule has 1 fully saturated rings. The Morgan fingerprint density at radius 1 is 0.966 bits per heavy atom. The monoisotopic (exact) mass is 536 g/mol. The topological polar surface area (TPSA) is 21.8 Å². The van der Waals surface area contributed by atoms with Crippen LogP contribution in [0.15, 0.2) is 70.1 Å². The number of rotatable bonds is 9. The second-order valence-electron chi connectivity index (χ2n) is 8.60. The largest absolute Gasteiger partial charge is 0.407 e. The quantitative estimate of drug-likeness (QED) is 0.218. The molecule has 29 heavy (non-hydrogen) atoms. The first kappa shape index (κ1) is 23.0. The van der Waals surface area contributed by atoms with Crippen molar-refractivity contribution in [3.8, 4) is 0 Å². The maximum Gasteiger partial charge on any atom is 0.261 e. The molecule has 0 aliphatic carbocycles. The molecule has 0 bridgehead atoms. The third-order valence-corrected chi connectivity index (χ3v) is 11.1. The van der Waals surface area contributed by atoms with Gasteiger partial charge in [-0.25, -0.2) is 0 Å². The van der Waals surface area contributed by atoms with Crippen LogP contribution in [0, 0.1) is 0 Å². The standard InChI is InChI=1S/C24H30Br2O2Si/c1-24(2,3)29(19-12-6-4-7-13-19,20-14-8-5-9-15-20)27-17-11-10-16-21-22(28-21)18-23(25)26/h4-9,12-15,18,21-22H,10-11,16-17H2,1-3H3/t21-,22-/m0/s1. The zero-order valence-electron chi connectivity index (χ0n) is 17.4. The number of epoxide rings is 1. The summed E-state index contributed by atoms with van der Waals surface area (Å²) in [6, 6.07) is 21.7. The number of ether oxygens (including phenoxy) is 1. The highest BCUT2D eigenvalue weighted by Crippen LogP contribution is 2.37. The zero-order valence-corrected chi connectivity index (χ0v) is 21.6. The van der Waals surface area contributed by atoms with E-state index in [0.29, 0.717) is 6.10 Å². The third-order valence-electron chi connectivity index (χ3n) is 5.53. The van der Waals surface area contributed by atoms with Gasteiger partial charge in [0, 0.05) is 6.61 Å². The molecular formula is C24H30Br2O2Si. The predicted molar refractivity (Wildman–Crippen MR) is 132 cm³/mol. The van der Waals surface area contributed by atoms with Crippen molar-refractivity contribution in [1.82, 2.24) is 0 Å². The number of hydrogen-bond donors (Lipinski definition) is 0. The zero-order chi connectivity index (χ0) is 20.9. The van der Waals surface area contributed by atoms with E-state index >= 15 is 0 Å². The lowest BCUT2D eigenvalue weighted by atomic mass is 10.1. The molecule has 156 valence electrons. The van der Waals surface area contributed by atoms with Gasteiger partial charge in [-0.15, -0.1) is 0 Å². The highest BCUT2D eigenvalue weighted by molar-refractivity contribution is 9.28. The molecule has 1 aliphatic heterocycles. The van der Waals surface area contributed by atoms with Crippen molar-refractivity contribution in [2.75, 3.05) is 6.61 Å². The number of halogens is 2. The van der Waals surface area contributed by atoms with Gasteiger partial charge in [0.25, 0.3) is 8.32 Å². The van der Waals surface area contributed by atoms with Crippen LogP contribution in [-0.4, -0.2) is 27.1 Å². The maximum atomic E-state index is 6.93. The molecule has 2 aromatic carbocycles. The van der Waals surface area contributed by atoms with Gasteiger partial charge in [0.1, 0.15) is 6.10 Å². The molecule has 1 aliphatic rings. The molecular weight excluding hydrogens is 508 g/mol. The van der Waals surface area contributed by atoms with Crippen molar-refractivity contribution in [1.29, 1.82) is 0 Å². The van der Waals surface area contributed by atoms with Crippen LogP contribution in [0.3, 0.4) is 0 Å². The molecule has 3 rings (SSSR count). The van der Waals surface area contributed by atoms with Crippen LogP contribution in [0.2, 0.25) is 5.04 Å². The minimum absolute atomic E-state index is 0.0351. The molecule has 1 heterocycles. The molecule has 5 heteroatoms. The maximum absolute atomic E-state index is 6.93. The Kier molecular flexibility index (Phi) is 7.96. The first-order valence-electron chi connectivity index (χ1n) is 10.3. The predicted octanol–water partition coefficient (Wildman–Crippen LogP) is 6.13. The summed E-state index contributed by atoms with van der Waals surface area (Å²) in [6.07, 6.45) is 5.93. The lowest BCUT2D eigenvalue weighted by Crippen LogP contribution is -2.66. The summed E-state index contributed by atoms with van der Waals surface area (Å²) < 4.78 is 13.6. The summed E-state index contributed by atoms with van der Waals surface area (Å²) in [5.74, 6) is 0. The summed E-state index contributed by atoms with van der Waals surface area (Å²) in [7, 11) is -2.40. The average Bonchev–Trinajstić information content (AvgIpc) is 3.42. The molecule has 0 unspecified atom stereocenters. The minimum Gasteiger partial charge on any atom is -0.407 e. The second kappa shape index (κ2) is 10.1. The van der Waals surface area contributed by atoms with E-state index < -0.39 is 8.32 Å². The van der Waals surface area contributed by atoms with E-state index in [1.54, 1.807) is 0 Å². The van der Waals surface area contributed by atoms with Crippen molar-refractivity contribution < 1.29 is 9.16 Å². The smallest absolute Gasteiger partial charge is 0.261 e. The Bertz CT molecular complexity index is 759.